The van der Waals surface area contributed by atoms with Crippen molar-refractivity contribution < 1.29 is 14.0 Å². The highest BCUT2D eigenvalue weighted by Gasteiger charge is 2.30. The molecule has 30 heavy (non-hydrogen) atoms. The van der Waals surface area contributed by atoms with Crippen LogP contribution < -0.4 is 10.2 Å². The molecule has 1 N–H and O–H groups in total. The van der Waals surface area contributed by atoms with Gasteiger partial charge >= 0.3 is 0 Å². The van der Waals surface area contributed by atoms with Gasteiger partial charge in [-0.25, -0.2) is 9.37 Å². The lowest BCUT2D eigenvalue weighted by atomic mass is 9.90. The van der Waals surface area contributed by atoms with Gasteiger partial charge in [0.1, 0.15) is 5.82 Å². The van der Waals surface area contributed by atoms with Gasteiger partial charge in [0.05, 0.1) is 5.69 Å². The van der Waals surface area contributed by atoms with Crippen molar-refractivity contribution in [1.29, 1.82) is 0 Å². The van der Waals surface area contributed by atoms with E-state index in [0.29, 0.717) is 12.1 Å². The molecule has 0 saturated carbocycles. The zero-order chi connectivity index (χ0) is 21.3. The number of anilines is 2. The zero-order valence-corrected chi connectivity index (χ0v) is 18.2. The molecule has 1 saturated heterocycles. The van der Waals surface area contributed by atoms with Crippen LogP contribution in [0.25, 0.3) is 0 Å². The van der Waals surface area contributed by atoms with Crippen LogP contribution >= 0.6 is 11.3 Å². The van der Waals surface area contributed by atoms with Crippen molar-refractivity contribution in [3.8, 4) is 0 Å². The quantitative estimate of drug-likeness (QED) is 0.808. The van der Waals surface area contributed by atoms with E-state index in [0.717, 1.165) is 49.8 Å². The van der Waals surface area contributed by atoms with Crippen molar-refractivity contribution in [3.05, 3.63) is 40.7 Å². The topological polar surface area (TPSA) is 65.5 Å². The number of benzene rings is 1. The molecule has 0 bridgehead atoms. The molecule has 1 aromatic heterocycles. The average molecular weight is 431 g/mol. The number of nitrogens with one attached hydrogen (secondary N) is 1. The summed E-state index contributed by atoms with van der Waals surface area (Å²) in [6, 6.07) is 5.85. The molecule has 4 rings (SSSR count). The van der Waals surface area contributed by atoms with Gasteiger partial charge < -0.3 is 15.1 Å². The number of hydrogen-bond donors (Lipinski definition) is 1. The first kappa shape index (κ1) is 20.8. The summed E-state index contributed by atoms with van der Waals surface area (Å²) in [6.45, 7) is 6.91. The molecule has 2 heterocycles. The Morgan fingerprint density at radius 2 is 1.87 bits per heavy atom. The van der Waals surface area contributed by atoms with Crippen LogP contribution in [-0.4, -0.2) is 47.9 Å². The molecule has 1 aliphatic carbocycles. The number of hydrogen-bond acceptors (Lipinski definition) is 5. The van der Waals surface area contributed by atoms with Crippen molar-refractivity contribution in [2.24, 2.45) is 11.8 Å². The lowest BCUT2D eigenvalue weighted by molar-refractivity contribution is -0.134. The van der Waals surface area contributed by atoms with Crippen LogP contribution in [0.4, 0.5) is 15.2 Å². The summed E-state index contributed by atoms with van der Waals surface area (Å²) in [5.41, 5.74) is 1.72. The van der Waals surface area contributed by atoms with Crippen LogP contribution in [0.15, 0.2) is 24.3 Å². The lowest BCUT2D eigenvalue weighted by Gasteiger charge is -2.35. The molecule has 2 aromatic rings. The number of fused-ring (bicyclic) bond motifs is 1. The first-order valence-electron chi connectivity index (χ1n) is 10.5. The van der Waals surface area contributed by atoms with Gasteiger partial charge in [0.25, 0.3) is 0 Å². The van der Waals surface area contributed by atoms with E-state index >= 15 is 0 Å². The number of thiazole rings is 1. The first-order valence-corrected chi connectivity index (χ1v) is 11.3. The summed E-state index contributed by atoms with van der Waals surface area (Å²) in [7, 11) is 0. The minimum Gasteiger partial charge on any atom is -0.345 e. The number of aryl methyl sites for hydroxylation is 1. The van der Waals surface area contributed by atoms with Gasteiger partial charge in [0, 0.05) is 48.6 Å². The normalized spacial score (nSPS) is 19.0. The Kier molecular flexibility index (Phi) is 6.04. The van der Waals surface area contributed by atoms with Crippen molar-refractivity contribution in [2.45, 2.75) is 33.1 Å². The Morgan fingerprint density at radius 3 is 2.53 bits per heavy atom. The molecule has 0 radical (unpaired) electrons. The molecule has 1 aliphatic heterocycles. The maximum absolute atomic E-state index is 13.1. The number of halogens is 1. The largest absolute Gasteiger partial charge is 0.345 e. The molecule has 1 aromatic carbocycles. The van der Waals surface area contributed by atoms with Crippen molar-refractivity contribution in [1.82, 2.24) is 9.88 Å². The van der Waals surface area contributed by atoms with Gasteiger partial charge in [0.15, 0.2) is 5.13 Å². The zero-order valence-electron chi connectivity index (χ0n) is 17.4. The monoisotopic (exact) mass is 430 g/mol. The second-order valence-electron chi connectivity index (χ2n) is 8.27. The molecule has 8 heteroatoms. The van der Waals surface area contributed by atoms with E-state index in [-0.39, 0.29) is 29.5 Å². The number of amides is 2. The third-order valence-electron chi connectivity index (χ3n) is 5.77. The Bertz CT molecular complexity index is 920. The highest BCUT2D eigenvalue weighted by molar-refractivity contribution is 7.15. The van der Waals surface area contributed by atoms with E-state index in [1.807, 2.05) is 18.7 Å². The van der Waals surface area contributed by atoms with Crippen LogP contribution in [0.5, 0.6) is 0 Å². The first-order chi connectivity index (χ1) is 14.4. The number of aromatic nitrogens is 1. The summed E-state index contributed by atoms with van der Waals surface area (Å²) in [5.74, 6) is -0.203. The number of carbonyl (C=O) groups excluding carboxylic acids is 2. The van der Waals surface area contributed by atoms with Crippen molar-refractivity contribution >= 4 is 34.0 Å². The third-order valence-corrected chi connectivity index (χ3v) is 6.95. The van der Waals surface area contributed by atoms with E-state index in [9.17, 15) is 14.0 Å². The summed E-state index contributed by atoms with van der Waals surface area (Å²) in [6.07, 6.45) is 2.24. The van der Waals surface area contributed by atoms with Crippen LogP contribution in [0.1, 0.15) is 30.8 Å². The fourth-order valence-corrected chi connectivity index (χ4v) is 5.22. The molecule has 6 nitrogen and oxygen atoms in total. The average Bonchev–Trinajstić information content (AvgIpc) is 3.18. The summed E-state index contributed by atoms with van der Waals surface area (Å²) in [4.78, 5) is 35.0. The minimum absolute atomic E-state index is 0.0250. The van der Waals surface area contributed by atoms with E-state index in [1.54, 1.807) is 23.5 Å². The highest BCUT2D eigenvalue weighted by Crippen LogP contribution is 2.35. The predicted molar refractivity (Wildman–Crippen MR) is 116 cm³/mol. The molecule has 1 fully saturated rings. The standard InChI is InChI=1S/C22H27FN4O2S/c1-14(2)21(29)26-9-11-27(12-10-26)22-25-18-8-3-15(13-19(18)30-22)20(28)24-17-6-4-16(23)5-7-17/h4-7,14-15H,3,8-13H2,1-2H3,(H,24,28). The molecule has 1 atom stereocenters. The summed E-state index contributed by atoms with van der Waals surface area (Å²) < 4.78 is 13.1. The van der Waals surface area contributed by atoms with Gasteiger partial charge in [-0.3, -0.25) is 9.59 Å². The van der Waals surface area contributed by atoms with Crippen molar-refractivity contribution in [3.63, 3.8) is 0 Å². The summed E-state index contributed by atoms with van der Waals surface area (Å²) >= 11 is 1.67. The lowest BCUT2D eigenvalue weighted by Crippen LogP contribution is -2.49. The predicted octanol–water partition coefficient (Wildman–Crippen LogP) is 3.33. The molecular formula is C22H27FN4O2S. The van der Waals surface area contributed by atoms with Crippen molar-refractivity contribution in [2.75, 3.05) is 36.4 Å². The number of piperazine rings is 1. The Labute approximate surface area is 180 Å². The number of rotatable bonds is 4. The molecule has 0 spiro atoms. The highest BCUT2D eigenvalue weighted by atomic mass is 32.1. The molecule has 160 valence electrons. The van der Waals surface area contributed by atoms with Gasteiger partial charge in [-0.1, -0.05) is 13.8 Å². The van der Waals surface area contributed by atoms with E-state index < -0.39 is 0 Å². The maximum atomic E-state index is 13.1. The third kappa shape index (κ3) is 4.48. The molecule has 2 aliphatic rings. The smallest absolute Gasteiger partial charge is 0.227 e. The maximum Gasteiger partial charge on any atom is 0.227 e. The van der Waals surface area contributed by atoms with Gasteiger partial charge in [-0.15, -0.1) is 11.3 Å². The van der Waals surface area contributed by atoms with E-state index in [4.69, 9.17) is 4.98 Å². The Balaban J connectivity index is 1.36. The second kappa shape index (κ2) is 8.71. The van der Waals surface area contributed by atoms with Gasteiger partial charge in [0.2, 0.25) is 11.8 Å². The molecular weight excluding hydrogens is 403 g/mol. The van der Waals surface area contributed by atoms with Gasteiger partial charge in [-0.2, -0.15) is 0 Å². The fraction of sp³-hybridized carbons (Fsp3) is 0.500. The van der Waals surface area contributed by atoms with E-state index in [2.05, 4.69) is 10.2 Å². The second-order valence-corrected chi connectivity index (χ2v) is 9.33. The van der Waals surface area contributed by atoms with Crippen LogP contribution in [0, 0.1) is 17.7 Å². The number of nitrogens with zero attached hydrogens (tertiary/aromatic N) is 3. The van der Waals surface area contributed by atoms with Crippen LogP contribution in [0.3, 0.4) is 0 Å². The Hall–Kier alpha value is -2.48. The summed E-state index contributed by atoms with van der Waals surface area (Å²) in [5, 5.41) is 3.89. The number of carbonyl (C=O) groups is 2. The SMILES string of the molecule is CC(C)C(=O)N1CCN(c2nc3c(s2)CC(C(=O)Nc2ccc(F)cc2)CC3)CC1. The van der Waals surface area contributed by atoms with Crippen LogP contribution in [0.2, 0.25) is 0 Å². The molecule has 1 unspecified atom stereocenters. The fourth-order valence-electron chi connectivity index (χ4n) is 3.98. The van der Waals surface area contributed by atoms with Crippen LogP contribution in [-0.2, 0) is 22.4 Å². The molecule has 2 amide bonds. The van der Waals surface area contributed by atoms with E-state index in [1.165, 1.54) is 17.0 Å². The Morgan fingerprint density at radius 1 is 1.17 bits per heavy atom. The van der Waals surface area contributed by atoms with Gasteiger partial charge in [-0.05, 0) is 43.5 Å². The minimum atomic E-state index is -0.318.